The molecule has 94 valence electrons. The van der Waals surface area contributed by atoms with Gasteiger partial charge < -0.3 is 0 Å². The van der Waals surface area contributed by atoms with Gasteiger partial charge in [0, 0.05) is 6.42 Å². The predicted molar refractivity (Wildman–Crippen MR) is 66.3 cm³/mol. The monoisotopic (exact) mass is 245 g/mol. The van der Waals surface area contributed by atoms with Crippen LogP contribution in [0.15, 0.2) is 24.3 Å². The number of rotatable bonds is 4. The molecule has 1 aromatic rings. The van der Waals surface area contributed by atoms with Crippen LogP contribution in [0, 0.1) is 5.92 Å². The van der Waals surface area contributed by atoms with Gasteiger partial charge in [0.2, 0.25) is 0 Å². The second-order valence-electron chi connectivity index (χ2n) is 4.88. The van der Waals surface area contributed by atoms with Gasteiger partial charge in [-0.25, -0.2) is 0 Å². The van der Waals surface area contributed by atoms with Crippen LogP contribution < -0.4 is 0 Å². The molecule has 0 saturated carbocycles. The minimum atomic E-state index is -0.368. The second-order valence-corrected chi connectivity index (χ2v) is 4.88. The normalized spacial score (nSPS) is 14.3. The molecule has 1 aliphatic rings. The molecule has 18 heavy (non-hydrogen) atoms. The van der Waals surface area contributed by atoms with Crippen LogP contribution in [0.4, 0.5) is 0 Å². The zero-order valence-electron chi connectivity index (χ0n) is 10.5. The Bertz CT molecular complexity index is 485. The molecule has 0 spiro atoms. The van der Waals surface area contributed by atoms with Crippen LogP contribution in [0.1, 0.15) is 41.0 Å². The zero-order valence-corrected chi connectivity index (χ0v) is 10.5. The van der Waals surface area contributed by atoms with Crippen LogP contribution in [0.3, 0.4) is 0 Å². The van der Waals surface area contributed by atoms with Crippen molar-refractivity contribution in [2.45, 2.75) is 20.3 Å². The third-order valence-corrected chi connectivity index (χ3v) is 2.85. The minimum Gasteiger partial charge on any atom is -0.298 e. The summed E-state index contributed by atoms with van der Waals surface area (Å²) in [6, 6.07) is 6.65. The van der Waals surface area contributed by atoms with Crippen LogP contribution in [0.2, 0.25) is 0 Å². The summed E-state index contributed by atoms with van der Waals surface area (Å²) in [6.07, 6.45) is 0.382. The Hall–Kier alpha value is -1.97. The molecule has 0 fully saturated rings. The Morgan fingerprint density at radius 2 is 1.61 bits per heavy atom. The Kier molecular flexibility index (Phi) is 3.28. The highest BCUT2D eigenvalue weighted by atomic mass is 16.2. The van der Waals surface area contributed by atoms with Gasteiger partial charge in [0.25, 0.3) is 11.8 Å². The quantitative estimate of drug-likeness (QED) is 0.761. The molecule has 0 atom stereocenters. The second kappa shape index (κ2) is 4.72. The van der Waals surface area contributed by atoms with E-state index >= 15 is 0 Å². The molecular weight excluding hydrogens is 230 g/mol. The van der Waals surface area contributed by atoms with Crippen LogP contribution in [-0.4, -0.2) is 29.0 Å². The molecule has 4 heteroatoms. The van der Waals surface area contributed by atoms with E-state index in [1.54, 1.807) is 24.3 Å². The number of ketones is 1. The number of imide groups is 1. The van der Waals surface area contributed by atoms with Crippen molar-refractivity contribution in [2.24, 2.45) is 5.92 Å². The van der Waals surface area contributed by atoms with Crippen molar-refractivity contribution in [1.29, 1.82) is 0 Å². The van der Waals surface area contributed by atoms with Gasteiger partial charge in [0.1, 0.15) is 0 Å². The first kappa shape index (κ1) is 12.5. The van der Waals surface area contributed by atoms with Crippen molar-refractivity contribution in [2.75, 3.05) is 6.54 Å². The van der Waals surface area contributed by atoms with E-state index < -0.39 is 0 Å². The molecule has 0 N–H and O–H groups in total. The van der Waals surface area contributed by atoms with E-state index in [0.29, 0.717) is 17.5 Å². The van der Waals surface area contributed by atoms with Gasteiger partial charge in [-0.2, -0.15) is 0 Å². The zero-order chi connectivity index (χ0) is 13.3. The van der Waals surface area contributed by atoms with Crippen LogP contribution in [-0.2, 0) is 4.79 Å². The highest BCUT2D eigenvalue weighted by Crippen LogP contribution is 2.22. The third-order valence-electron chi connectivity index (χ3n) is 2.85. The molecule has 0 saturated heterocycles. The summed E-state index contributed by atoms with van der Waals surface area (Å²) >= 11 is 0. The summed E-state index contributed by atoms with van der Waals surface area (Å²) in [5.74, 6) is -0.590. The number of hydrogen-bond donors (Lipinski definition) is 0. The van der Waals surface area contributed by atoms with E-state index in [9.17, 15) is 14.4 Å². The van der Waals surface area contributed by atoms with Crippen LogP contribution in [0.5, 0.6) is 0 Å². The van der Waals surface area contributed by atoms with Crippen molar-refractivity contribution in [3.63, 3.8) is 0 Å². The SMILES string of the molecule is CC(C)CC(=O)CN1C(=O)c2ccccc2C1=O. The van der Waals surface area contributed by atoms with Crippen molar-refractivity contribution >= 4 is 17.6 Å². The highest BCUT2D eigenvalue weighted by molar-refractivity contribution is 6.22. The minimum absolute atomic E-state index is 0.0838. The molecule has 0 aliphatic carbocycles. The van der Waals surface area contributed by atoms with Gasteiger partial charge in [-0.15, -0.1) is 0 Å². The molecule has 2 amide bonds. The van der Waals surface area contributed by atoms with E-state index in [1.807, 2.05) is 13.8 Å². The van der Waals surface area contributed by atoms with E-state index in [2.05, 4.69) is 0 Å². The first-order valence-electron chi connectivity index (χ1n) is 5.97. The fourth-order valence-electron chi connectivity index (χ4n) is 2.08. The number of benzene rings is 1. The average molecular weight is 245 g/mol. The fourth-order valence-corrected chi connectivity index (χ4v) is 2.08. The number of hydrogen-bond acceptors (Lipinski definition) is 3. The standard InChI is InChI=1S/C14H15NO3/c1-9(2)7-10(16)8-15-13(17)11-5-3-4-6-12(11)14(15)18/h3-6,9H,7-8H2,1-2H3. The summed E-state index contributed by atoms with van der Waals surface area (Å²) < 4.78 is 0. The number of carbonyl (C=O) groups excluding carboxylic acids is 3. The Morgan fingerprint density at radius 3 is 2.06 bits per heavy atom. The molecule has 1 heterocycles. The lowest BCUT2D eigenvalue weighted by Crippen LogP contribution is -2.35. The number of nitrogens with zero attached hydrogens (tertiary/aromatic N) is 1. The Morgan fingerprint density at radius 1 is 1.11 bits per heavy atom. The maximum absolute atomic E-state index is 12.0. The lowest BCUT2D eigenvalue weighted by molar-refractivity contribution is -0.120. The lowest BCUT2D eigenvalue weighted by Gasteiger charge is -2.13. The van der Waals surface area contributed by atoms with Crippen molar-refractivity contribution in [3.05, 3.63) is 35.4 Å². The molecule has 0 bridgehead atoms. The molecule has 0 aromatic heterocycles. The number of amides is 2. The van der Waals surface area contributed by atoms with Gasteiger partial charge in [-0.3, -0.25) is 19.3 Å². The first-order valence-corrected chi connectivity index (χ1v) is 5.97. The van der Waals surface area contributed by atoms with Gasteiger partial charge in [0.15, 0.2) is 5.78 Å². The molecule has 4 nitrogen and oxygen atoms in total. The molecule has 1 aromatic carbocycles. The summed E-state index contributed by atoms with van der Waals surface area (Å²) in [5.41, 5.74) is 0.777. The third kappa shape index (κ3) is 2.18. The van der Waals surface area contributed by atoms with E-state index in [4.69, 9.17) is 0 Å². The Balaban J connectivity index is 2.16. The molecule has 2 rings (SSSR count). The van der Waals surface area contributed by atoms with Crippen molar-refractivity contribution in [1.82, 2.24) is 4.90 Å². The fraction of sp³-hybridized carbons (Fsp3) is 0.357. The lowest BCUT2D eigenvalue weighted by atomic mass is 10.1. The summed E-state index contributed by atoms with van der Waals surface area (Å²) in [5, 5.41) is 0. The maximum Gasteiger partial charge on any atom is 0.261 e. The summed E-state index contributed by atoms with van der Waals surface area (Å²) in [6.45, 7) is 3.74. The molecule has 0 radical (unpaired) electrons. The summed E-state index contributed by atoms with van der Waals surface area (Å²) in [4.78, 5) is 36.7. The molecular formula is C14H15NO3. The average Bonchev–Trinajstić information content (AvgIpc) is 2.54. The molecule has 0 unspecified atom stereocenters. The van der Waals surface area contributed by atoms with Crippen molar-refractivity contribution in [3.8, 4) is 0 Å². The number of carbonyl (C=O) groups is 3. The number of Topliss-reactive ketones (excluding diaryl/α,β-unsaturated/α-hetero) is 1. The van der Waals surface area contributed by atoms with E-state index in [-0.39, 0.29) is 30.1 Å². The topological polar surface area (TPSA) is 54.5 Å². The van der Waals surface area contributed by atoms with Gasteiger partial charge in [0.05, 0.1) is 17.7 Å². The van der Waals surface area contributed by atoms with Gasteiger partial charge in [-0.05, 0) is 18.1 Å². The largest absolute Gasteiger partial charge is 0.298 e. The van der Waals surface area contributed by atoms with E-state index in [0.717, 1.165) is 4.90 Å². The molecule has 1 aliphatic heterocycles. The van der Waals surface area contributed by atoms with Gasteiger partial charge >= 0.3 is 0 Å². The van der Waals surface area contributed by atoms with E-state index in [1.165, 1.54) is 0 Å². The predicted octanol–water partition coefficient (Wildman–Crippen LogP) is 1.90. The number of fused-ring (bicyclic) bond motifs is 1. The van der Waals surface area contributed by atoms with Crippen LogP contribution >= 0.6 is 0 Å². The highest BCUT2D eigenvalue weighted by Gasteiger charge is 2.35. The Labute approximate surface area is 106 Å². The van der Waals surface area contributed by atoms with Crippen molar-refractivity contribution < 1.29 is 14.4 Å². The maximum atomic E-state index is 12.0. The summed E-state index contributed by atoms with van der Waals surface area (Å²) in [7, 11) is 0. The van der Waals surface area contributed by atoms with Gasteiger partial charge in [-0.1, -0.05) is 26.0 Å². The smallest absolute Gasteiger partial charge is 0.261 e. The first-order chi connectivity index (χ1) is 8.50. The van der Waals surface area contributed by atoms with Crippen LogP contribution in [0.25, 0.3) is 0 Å².